The molecular weight excluding hydrogens is 154 g/mol. The highest BCUT2D eigenvalue weighted by molar-refractivity contribution is 4.98. The molecule has 1 aliphatic carbocycles. The summed E-state index contributed by atoms with van der Waals surface area (Å²) in [6.07, 6.45) is 4.90. The Hall–Kier alpha value is -1.06. The third-order valence-electron chi connectivity index (χ3n) is 2.63. The van der Waals surface area contributed by atoms with Gasteiger partial charge in [-0.2, -0.15) is 5.10 Å². The zero-order chi connectivity index (χ0) is 8.55. The van der Waals surface area contributed by atoms with Crippen LogP contribution >= 0.6 is 0 Å². The van der Waals surface area contributed by atoms with Crippen LogP contribution in [0.15, 0.2) is 4.79 Å². The quantitative estimate of drug-likeness (QED) is 0.671. The van der Waals surface area contributed by atoms with Crippen LogP contribution in [0.5, 0.6) is 0 Å². The Morgan fingerprint density at radius 3 is 2.67 bits per heavy atom. The van der Waals surface area contributed by atoms with Crippen molar-refractivity contribution in [1.29, 1.82) is 0 Å². The van der Waals surface area contributed by atoms with Crippen molar-refractivity contribution in [2.24, 2.45) is 7.05 Å². The van der Waals surface area contributed by atoms with Crippen molar-refractivity contribution in [3.8, 4) is 0 Å². The van der Waals surface area contributed by atoms with Gasteiger partial charge in [0.25, 0.3) is 0 Å². The first-order valence-electron chi connectivity index (χ1n) is 4.40. The molecule has 0 saturated heterocycles. The van der Waals surface area contributed by atoms with Crippen molar-refractivity contribution < 1.29 is 0 Å². The fourth-order valence-electron chi connectivity index (χ4n) is 1.91. The van der Waals surface area contributed by atoms with Gasteiger partial charge >= 0.3 is 5.69 Å². The van der Waals surface area contributed by atoms with Crippen LogP contribution in [-0.4, -0.2) is 14.8 Å². The monoisotopic (exact) mass is 167 g/mol. The maximum Gasteiger partial charge on any atom is 0.343 e. The second kappa shape index (κ2) is 2.77. The molecule has 12 heavy (non-hydrogen) atoms. The van der Waals surface area contributed by atoms with E-state index in [4.69, 9.17) is 0 Å². The van der Waals surface area contributed by atoms with Crippen LogP contribution in [0.4, 0.5) is 0 Å². The van der Waals surface area contributed by atoms with Crippen LogP contribution in [0.2, 0.25) is 0 Å². The number of aromatic nitrogens is 3. The first-order valence-corrected chi connectivity index (χ1v) is 4.40. The summed E-state index contributed by atoms with van der Waals surface area (Å²) in [5, 5.41) is 6.49. The van der Waals surface area contributed by atoms with Crippen LogP contribution in [0.1, 0.15) is 37.4 Å². The fraction of sp³-hybridized carbons (Fsp3) is 0.750. The van der Waals surface area contributed by atoms with E-state index >= 15 is 0 Å². The van der Waals surface area contributed by atoms with Crippen molar-refractivity contribution >= 4 is 0 Å². The summed E-state index contributed by atoms with van der Waals surface area (Å²) in [6, 6.07) is 0. The van der Waals surface area contributed by atoms with E-state index in [1.165, 1.54) is 25.7 Å². The smallest absolute Gasteiger partial charge is 0.282 e. The molecule has 0 unspecified atom stereocenters. The molecule has 1 aromatic heterocycles. The van der Waals surface area contributed by atoms with Crippen molar-refractivity contribution in [2.45, 2.75) is 31.6 Å². The molecule has 4 nitrogen and oxygen atoms in total. The number of rotatable bonds is 1. The van der Waals surface area contributed by atoms with Gasteiger partial charge in [-0.05, 0) is 12.8 Å². The maximum absolute atomic E-state index is 11.0. The Morgan fingerprint density at radius 2 is 2.17 bits per heavy atom. The van der Waals surface area contributed by atoms with Gasteiger partial charge < -0.3 is 0 Å². The van der Waals surface area contributed by atoms with Crippen LogP contribution in [-0.2, 0) is 7.05 Å². The molecule has 0 atom stereocenters. The van der Waals surface area contributed by atoms with Gasteiger partial charge in [-0.3, -0.25) is 4.57 Å². The lowest BCUT2D eigenvalue weighted by atomic mass is 10.1. The Bertz CT molecular complexity index is 319. The summed E-state index contributed by atoms with van der Waals surface area (Å²) in [5.74, 6) is 1.44. The average Bonchev–Trinajstić information content (AvgIpc) is 2.64. The van der Waals surface area contributed by atoms with E-state index in [9.17, 15) is 4.79 Å². The van der Waals surface area contributed by atoms with Gasteiger partial charge in [0, 0.05) is 13.0 Å². The highest BCUT2D eigenvalue weighted by Gasteiger charge is 2.21. The van der Waals surface area contributed by atoms with E-state index in [0.717, 1.165) is 5.82 Å². The highest BCUT2D eigenvalue weighted by Crippen LogP contribution is 2.31. The van der Waals surface area contributed by atoms with Gasteiger partial charge in [-0.15, -0.1) is 0 Å². The molecule has 4 heteroatoms. The first-order chi connectivity index (χ1) is 5.79. The highest BCUT2D eigenvalue weighted by atomic mass is 16.1. The largest absolute Gasteiger partial charge is 0.343 e. The number of aromatic amines is 1. The van der Waals surface area contributed by atoms with Crippen molar-refractivity contribution in [2.75, 3.05) is 0 Å². The summed E-state index contributed by atoms with van der Waals surface area (Å²) in [6.45, 7) is 0. The molecule has 1 heterocycles. The van der Waals surface area contributed by atoms with Crippen LogP contribution in [0.25, 0.3) is 0 Å². The first kappa shape index (κ1) is 7.58. The van der Waals surface area contributed by atoms with Crippen molar-refractivity contribution in [3.05, 3.63) is 16.3 Å². The summed E-state index contributed by atoms with van der Waals surface area (Å²) in [7, 11) is 1.78. The van der Waals surface area contributed by atoms with Gasteiger partial charge in [-0.25, -0.2) is 9.89 Å². The second-order valence-electron chi connectivity index (χ2n) is 3.43. The molecule has 0 bridgehead atoms. The Morgan fingerprint density at radius 1 is 1.50 bits per heavy atom. The van der Waals surface area contributed by atoms with Crippen LogP contribution in [0.3, 0.4) is 0 Å². The third-order valence-corrected chi connectivity index (χ3v) is 2.63. The molecule has 0 amide bonds. The average molecular weight is 167 g/mol. The van der Waals surface area contributed by atoms with Crippen molar-refractivity contribution in [1.82, 2.24) is 14.8 Å². The van der Waals surface area contributed by atoms with Crippen LogP contribution in [0, 0.1) is 0 Å². The zero-order valence-corrected chi connectivity index (χ0v) is 7.21. The molecule has 66 valence electrons. The minimum atomic E-state index is -0.100. The number of hydrogen-bond donors (Lipinski definition) is 1. The molecule has 0 radical (unpaired) electrons. The van der Waals surface area contributed by atoms with E-state index in [1.54, 1.807) is 11.6 Å². The predicted molar refractivity (Wildman–Crippen MR) is 45.0 cm³/mol. The fourth-order valence-corrected chi connectivity index (χ4v) is 1.91. The summed E-state index contributed by atoms with van der Waals surface area (Å²) >= 11 is 0. The Labute approximate surface area is 70.6 Å². The van der Waals surface area contributed by atoms with Crippen LogP contribution < -0.4 is 5.69 Å². The standard InChI is InChI=1S/C8H13N3O/c1-11-7(9-10-8(11)12)6-4-2-3-5-6/h6H,2-5H2,1H3,(H,10,12). The molecule has 0 spiro atoms. The molecular formula is C8H13N3O. The molecule has 1 N–H and O–H groups in total. The van der Waals surface area contributed by atoms with E-state index in [1.807, 2.05) is 0 Å². The van der Waals surface area contributed by atoms with Gasteiger partial charge in [0.1, 0.15) is 5.82 Å². The number of nitrogens with zero attached hydrogens (tertiary/aromatic N) is 2. The minimum absolute atomic E-state index is 0.100. The molecule has 0 aliphatic heterocycles. The molecule has 1 aliphatic rings. The van der Waals surface area contributed by atoms with Gasteiger partial charge in [-0.1, -0.05) is 12.8 Å². The third kappa shape index (κ3) is 1.07. The molecule has 2 rings (SSSR count). The predicted octanol–water partition coefficient (Wildman–Crippen LogP) is 0.766. The second-order valence-corrected chi connectivity index (χ2v) is 3.43. The van der Waals surface area contributed by atoms with Gasteiger partial charge in [0.2, 0.25) is 0 Å². The maximum atomic E-state index is 11.0. The van der Waals surface area contributed by atoms with E-state index in [0.29, 0.717) is 5.92 Å². The normalized spacial score (nSPS) is 18.8. The Kier molecular flexibility index (Phi) is 1.75. The number of H-pyrrole nitrogens is 1. The molecule has 0 aromatic carbocycles. The Balaban J connectivity index is 2.32. The summed E-state index contributed by atoms with van der Waals surface area (Å²) in [4.78, 5) is 11.0. The lowest BCUT2D eigenvalue weighted by Crippen LogP contribution is -2.15. The van der Waals surface area contributed by atoms with E-state index in [2.05, 4.69) is 10.2 Å². The zero-order valence-electron chi connectivity index (χ0n) is 7.21. The van der Waals surface area contributed by atoms with Crippen molar-refractivity contribution in [3.63, 3.8) is 0 Å². The molecule has 1 fully saturated rings. The SMILES string of the molecule is Cn1c(C2CCCC2)n[nH]c1=O. The number of nitrogens with one attached hydrogen (secondary N) is 1. The van der Waals surface area contributed by atoms with E-state index in [-0.39, 0.29) is 5.69 Å². The van der Waals surface area contributed by atoms with E-state index < -0.39 is 0 Å². The summed E-state index contributed by atoms with van der Waals surface area (Å²) < 4.78 is 1.62. The molecule has 1 aromatic rings. The molecule has 1 saturated carbocycles. The van der Waals surface area contributed by atoms with Gasteiger partial charge in [0.05, 0.1) is 0 Å². The topological polar surface area (TPSA) is 50.7 Å². The number of hydrogen-bond acceptors (Lipinski definition) is 2. The summed E-state index contributed by atoms with van der Waals surface area (Å²) in [5.41, 5.74) is -0.100. The minimum Gasteiger partial charge on any atom is -0.282 e. The van der Waals surface area contributed by atoms with Gasteiger partial charge in [0.15, 0.2) is 0 Å². The lowest BCUT2D eigenvalue weighted by Gasteiger charge is -2.05. The lowest BCUT2D eigenvalue weighted by molar-refractivity contribution is 0.626.